The number of morpholine rings is 1. The summed E-state index contributed by atoms with van der Waals surface area (Å²) in [6, 6.07) is 17.8. The van der Waals surface area contributed by atoms with Gasteiger partial charge in [-0.1, -0.05) is 18.2 Å². The molecule has 1 amide bonds. The summed E-state index contributed by atoms with van der Waals surface area (Å²) in [5, 5.41) is 0.510. The van der Waals surface area contributed by atoms with Crippen LogP contribution in [0.25, 0.3) is 0 Å². The third-order valence-corrected chi connectivity index (χ3v) is 5.53. The van der Waals surface area contributed by atoms with Crippen LogP contribution < -0.4 is 14.7 Å². The van der Waals surface area contributed by atoms with Crippen LogP contribution in [0.5, 0.6) is 0 Å². The lowest BCUT2D eigenvalue weighted by Gasteiger charge is -2.31. The van der Waals surface area contributed by atoms with Crippen LogP contribution in [0.4, 0.5) is 17.1 Å². The Hall–Kier alpha value is -2.44. The van der Waals surface area contributed by atoms with Crippen molar-refractivity contribution in [2.45, 2.75) is 19.4 Å². The molecule has 2 heterocycles. The number of para-hydroxylation sites is 1. The molecule has 5 nitrogen and oxygen atoms in total. The van der Waals surface area contributed by atoms with Gasteiger partial charge in [-0.3, -0.25) is 9.69 Å². The van der Waals surface area contributed by atoms with Crippen molar-refractivity contribution in [2.75, 3.05) is 41.0 Å². The van der Waals surface area contributed by atoms with Crippen molar-refractivity contribution in [1.82, 2.24) is 0 Å². The molecule has 0 saturated carbocycles. The van der Waals surface area contributed by atoms with E-state index >= 15 is 0 Å². The van der Waals surface area contributed by atoms with E-state index in [9.17, 15) is 4.79 Å². The molecule has 6 heteroatoms. The van der Waals surface area contributed by atoms with Crippen LogP contribution >= 0.6 is 12.2 Å². The van der Waals surface area contributed by atoms with Crippen LogP contribution in [0.2, 0.25) is 0 Å². The summed E-state index contributed by atoms with van der Waals surface area (Å²) in [4.78, 5) is 19.0. The molecule has 2 saturated heterocycles. The van der Waals surface area contributed by atoms with E-state index in [1.807, 2.05) is 61.2 Å². The van der Waals surface area contributed by atoms with Gasteiger partial charge in [0.1, 0.15) is 5.54 Å². The SMILES string of the molecule is CC1(C)C(=O)N(c2ccccc2)C(=S)N1c1ccc(N2CCOCC2)cc1. The van der Waals surface area contributed by atoms with E-state index in [1.54, 1.807) is 4.90 Å². The van der Waals surface area contributed by atoms with Crippen molar-refractivity contribution in [1.29, 1.82) is 0 Å². The fourth-order valence-electron chi connectivity index (χ4n) is 3.67. The van der Waals surface area contributed by atoms with E-state index in [0.29, 0.717) is 5.11 Å². The van der Waals surface area contributed by atoms with Crippen molar-refractivity contribution in [3.05, 3.63) is 54.6 Å². The number of hydrogen-bond acceptors (Lipinski definition) is 4. The van der Waals surface area contributed by atoms with Gasteiger partial charge in [0.25, 0.3) is 5.91 Å². The van der Waals surface area contributed by atoms with Gasteiger partial charge in [0, 0.05) is 24.5 Å². The predicted molar refractivity (Wildman–Crippen MR) is 113 cm³/mol. The van der Waals surface area contributed by atoms with E-state index in [2.05, 4.69) is 17.0 Å². The van der Waals surface area contributed by atoms with E-state index < -0.39 is 5.54 Å². The summed E-state index contributed by atoms with van der Waals surface area (Å²) in [6.07, 6.45) is 0. The molecule has 0 bridgehead atoms. The first-order chi connectivity index (χ1) is 13.0. The lowest BCUT2D eigenvalue weighted by Crippen LogP contribution is -2.44. The van der Waals surface area contributed by atoms with E-state index in [0.717, 1.165) is 43.4 Å². The summed E-state index contributed by atoms with van der Waals surface area (Å²) in [5.41, 5.74) is 2.14. The number of ether oxygens (including phenoxy) is 1. The molecule has 0 unspecified atom stereocenters. The van der Waals surface area contributed by atoms with Crippen LogP contribution in [0.3, 0.4) is 0 Å². The Morgan fingerprint density at radius 3 is 2.11 bits per heavy atom. The Balaban J connectivity index is 1.64. The maximum atomic E-state index is 13.1. The summed E-state index contributed by atoms with van der Waals surface area (Å²) < 4.78 is 5.42. The molecule has 0 aliphatic carbocycles. The second-order valence-electron chi connectivity index (χ2n) is 7.27. The Bertz CT molecular complexity index is 845. The molecule has 2 aliphatic heterocycles. The first-order valence-electron chi connectivity index (χ1n) is 9.17. The Labute approximate surface area is 165 Å². The minimum absolute atomic E-state index is 0.0176. The second-order valence-corrected chi connectivity index (χ2v) is 7.63. The van der Waals surface area contributed by atoms with Crippen molar-refractivity contribution < 1.29 is 9.53 Å². The van der Waals surface area contributed by atoms with E-state index in [-0.39, 0.29) is 5.91 Å². The van der Waals surface area contributed by atoms with Gasteiger partial charge >= 0.3 is 0 Å². The Morgan fingerprint density at radius 1 is 0.889 bits per heavy atom. The highest BCUT2D eigenvalue weighted by atomic mass is 32.1. The molecule has 2 aliphatic rings. The molecule has 27 heavy (non-hydrogen) atoms. The quantitative estimate of drug-likeness (QED) is 0.761. The average molecular weight is 382 g/mol. The van der Waals surface area contributed by atoms with Crippen molar-refractivity contribution >= 4 is 40.3 Å². The largest absolute Gasteiger partial charge is 0.378 e. The van der Waals surface area contributed by atoms with Crippen LogP contribution in [-0.4, -0.2) is 42.9 Å². The molecule has 0 atom stereocenters. The topological polar surface area (TPSA) is 36.0 Å². The number of anilines is 3. The number of benzene rings is 2. The monoisotopic (exact) mass is 381 g/mol. The number of thiocarbonyl (C=S) groups is 1. The summed E-state index contributed by atoms with van der Waals surface area (Å²) in [5.74, 6) is -0.0176. The molecule has 0 spiro atoms. The number of nitrogens with zero attached hydrogens (tertiary/aromatic N) is 3. The van der Waals surface area contributed by atoms with Crippen LogP contribution in [0.15, 0.2) is 54.6 Å². The Kier molecular flexibility index (Phi) is 4.61. The van der Waals surface area contributed by atoms with Crippen molar-refractivity contribution in [3.8, 4) is 0 Å². The summed E-state index contributed by atoms with van der Waals surface area (Å²) in [7, 11) is 0. The second kappa shape index (κ2) is 6.94. The molecule has 0 aromatic heterocycles. The molecule has 0 radical (unpaired) electrons. The Morgan fingerprint density at radius 2 is 1.48 bits per heavy atom. The first-order valence-corrected chi connectivity index (χ1v) is 9.57. The average Bonchev–Trinajstić information content (AvgIpc) is 2.87. The van der Waals surface area contributed by atoms with Gasteiger partial charge < -0.3 is 14.5 Å². The zero-order valence-electron chi connectivity index (χ0n) is 15.6. The van der Waals surface area contributed by atoms with Gasteiger partial charge in [0.15, 0.2) is 5.11 Å². The molecule has 2 fully saturated rings. The van der Waals surface area contributed by atoms with Gasteiger partial charge in [0.2, 0.25) is 0 Å². The van der Waals surface area contributed by atoms with Crippen molar-refractivity contribution in [3.63, 3.8) is 0 Å². The molecule has 4 rings (SSSR count). The van der Waals surface area contributed by atoms with Gasteiger partial charge in [-0.05, 0) is 62.5 Å². The van der Waals surface area contributed by atoms with Gasteiger partial charge in [0.05, 0.1) is 18.9 Å². The zero-order chi connectivity index (χ0) is 19.0. The molecular weight excluding hydrogens is 358 g/mol. The normalized spacial score (nSPS) is 19.7. The van der Waals surface area contributed by atoms with Crippen LogP contribution in [-0.2, 0) is 9.53 Å². The first kappa shape index (κ1) is 17.9. The summed E-state index contributed by atoms with van der Waals surface area (Å²) in [6.45, 7) is 7.14. The van der Waals surface area contributed by atoms with E-state index in [4.69, 9.17) is 17.0 Å². The number of rotatable bonds is 3. The lowest BCUT2D eigenvalue weighted by atomic mass is 10.0. The number of hydrogen-bond donors (Lipinski definition) is 0. The fraction of sp³-hybridized carbons (Fsp3) is 0.333. The molecule has 140 valence electrons. The molecule has 2 aromatic carbocycles. The number of amides is 1. The maximum Gasteiger partial charge on any atom is 0.259 e. The highest BCUT2D eigenvalue weighted by molar-refractivity contribution is 7.81. The van der Waals surface area contributed by atoms with Gasteiger partial charge in [-0.15, -0.1) is 0 Å². The fourth-order valence-corrected chi connectivity index (χ4v) is 4.19. The molecule has 2 aromatic rings. The highest BCUT2D eigenvalue weighted by Crippen LogP contribution is 2.36. The number of carbonyl (C=O) groups excluding carboxylic acids is 1. The van der Waals surface area contributed by atoms with E-state index in [1.165, 1.54) is 0 Å². The smallest absolute Gasteiger partial charge is 0.259 e. The standard InChI is InChI=1S/C21H23N3O2S/c1-21(2)19(25)23(17-6-4-3-5-7-17)20(27)24(21)18-10-8-16(9-11-18)22-12-14-26-15-13-22/h3-11H,12-15H2,1-2H3. The minimum Gasteiger partial charge on any atom is -0.378 e. The van der Waals surface area contributed by atoms with Gasteiger partial charge in [-0.2, -0.15) is 0 Å². The maximum absolute atomic E-state index is 13.1. The van der Waals surface area contributed by atoms with Gasteiger partial charge in [-0.25, -0.2) is 0 Å². The predicted octanol–water partition coefficient (Wildman–Crippen LogP) is 3.44. The highest BCUT2D eigenvalue weighted by Gasteiger charge is 2.50. The molecule has 0 N–H and O–H groups in total. The molecular formula is C21H23N3O2S. The number of carbonyl (C=O) groups is 1. The third kappa shape index (κ3) is 3.09. The minimum atomic E-state index is -0.743. The summed E-state index contributed by atoms with van der Waals surface area (Å²) >= 11 is 5.71. The zero-order valence-corrected chi connectivity index (χ0v) is 16.4. The third-order valence-electron chi connectivity index (χ3n) is 5.17. The lowest BCUT2D eigenvalue weighted by molar-refractivity contribution is -0.120. The van der Waals surface area contributed by atoms with Crippen molar-refractivity contribution in [2.24, 2.45) is 0 Å². The van der Waals surface area contributed by atoms with Crippen LogP contribution in [0, 0.1) is 0 Å². The van der Waals surface area contributed by atoms with Crippen LogP contribution in [0.1, 0.15) is 13.8 Å².